The third-order valence-electron chi connectivity index (χ3n) is 2.48. The average molecular weight is 299 g/mol. The van der Waals surface area contributed by atoms with Gasteiger partial charge in [0.25, 0.3) is 11.5 Å². The summed E-state index contributed by atoms with van der Waals surface area (Å²) in [6, 6.07) is 4.59. The summed E-state index contributed by atoms with van der Waals surface area (Å²) in [7, 11) is 0. The molecule has 0 unspecified atom stereocenters. The molecule has 3 N–H and O–H groups in total. The topological polar surface area (TPSA) is 94.8 Å². The fraction of sp³-hybridized carbons (Fsp3) is 0.0833. The van der Waals surface area contributed by atoms with Crippen molar-refractivity contribution in [1.82, 2.24) is 9.97 Å². The lowest BCUT2D eigenvalue weighted by Gasteiger charge is -2.08. The average Bonchev–Trinajstić information content (AvgIpc) is 2.37. The molecule has 6 nitrogen and oxygen atoms in total. The molecule has 1 heterocycles. The molecule has 2 aromatic rings. The quantitative estimate of drug-likeness (QED) is 0.780. The Morgan fingerprint density at radius 1 is 1.05 bits per heavy atom. The van der Waals surface area contributed by atoms with Crippen molar-refractivity contribution in [2.24, 2.45) is 0 Å². The van der Waals surface area contributed by atoms with Crippen LogP contribution in [0.25, 0.3) is 0 Å². The summed E-state index contributed by atoms with van der Waals surface area (Å²) in [5.41, 5.74) is -2.70. The molecule has 0 aliphatic carbocycles. The van der Waals surface area contributed by atoms with E-state index in [1.54, 1.807) is 0 Å². The monoisotopic (exact) mass is 299 g/mol. The van der Waals surface area contributed by atoms with Gasteiger partial charge in [-0.1, -0.05) is 0 Å². The number of rotatable bonds is 2. The van der Waals surface area contributed by atoms with Crippen LogP contribution in [0.2, 0.25) is 0 Å². The number of anilines is 1. The van der Waals surface area contributed by atoms with E-state index in [0.717, 1.165) is 30.3 Å². The molecule has 1 aromatic heterocycles. The minimum Gasteiger partial charge on any atom is -0.321 e. The standard InChI is InChI=1S/C12H8F3N3O3/c13-12(14,15)6-1-3-7(4-2-6)16-10(20)8-5-9(19)18-11(21)17-8/h1-5H,(H,16,20)(H2,17,18,19,21). The van der Waals surface area contributed by atoms with Crippen molar-refractivity contribution in [1.29, 1.82) is 0 Å². The summed E-state index contributed by atoms with van der Waals surface area (Å²) >= 11 is 0. The van der Waals surface area contributed by atoms with E-state index in [9.17, 15) is 27.6 Å². The van der Waals surface area contributed by atoms with Crippen molar-refractivity contribution in [2.45, 2.75) is 6.18 Å². The zero-order valence-electron chi connectivity index (χ0n) is 10.2. The maximum Gasteiger partial charge on any atom is 0.416 e. The Labute approximate surface area is 114 Å². The SMILES string of the molecule is O=C(Nc1ccc(C(F)(F)F)cc1)c1cc(=O)[nH]c(=O)[nH]1. The van der Waals surface area contributed by atoms with Gasteiger partial charge in [-0.3, -0.25) is 14.6 Å². The van der Waals surface area contributed by atoms with Crippen LogP contribution in [0, 0.1) is 0 Å². The van der Waals surface area contributed by atoms with Crippen LogP contribution in [0.5, 0.6) is 0 Å². The number of nitrogens with one attached hydrogen (secondary N) is 3. The Hall–Kier alpha value is -2.84. The number of benzene rings is 1. The van der Waals surface area contributed by atoms with Crippen molar-refractivity contribution < 1.29 is 18.0 Å². The lowest BCUT2D eigenvalue weighted by atomic mass is 10.2. The molecule has 9 heteroatoms. The van der Waals surface area contributed by atoms with Crippen LogP contribution in [-0.2, 0) is 6.18 Å². The number of halogens is 3. The molecule has 2 rings (SSSR count). The second-order valence-corrected chi connectivity index (χ2v) is 4.03. The van der Waals surface area contributed by atoms with Crippen molar-refractivity contribution in [3.05, 3.63) is 62.4 Å². The number of amides is 1. The van der Waals surface area contributed by atoms with Crippen LogP contribution in [-0.4, -0.2) is 15.9 Å². The molecule has 0 aliphatic heterocycles. The minimum atomic E-state index is -4.47. The highest BCUT2D eigenvalue weighted by molar-refractivity contribution is 6.02. The number of hydrogen-bond acceptors (Lipinski definition) is 3. The van der Waals surface area contributed by atoms with Gasteiger partial charge in [0.2, 0.25) is 0 Å². The molecule has 0 atom stereocenters. The molecule has 0 bridgehead atoms. The highest BCUT2D eigenvalue weighted by Gasteiger charge is 2.29. The van der Waals surface area contributed by atoms with Crippen molar-refractivity contribution in [3.8, 4) is 0 Å². The Morgan fingerprint density at radius 2 is 1.67 bits per heavy atom. The zero-order chi connectivity index (χ0) is 15.6. The number of H-pyrrole nitrogens is 2. The lowest BCUT2D eigenvalue weighted by Crippen LogP contribution is -2.27. The maximum absolute atomic E-state index is 12.4. The van der Waals surface area contributed by atoms with Crippen LogP contribution in [0.15, 0.2) is 39.9 Å². The van der Waals surface area contributed by atoms with Gasteiger partial charge in [0.15, 0.2) is 0 Å². The third-order valence-corrected chi connectivity index (χ3v) is 2.48. The van der Waals surface area contributed by atoms with Crippen LogP contribution in [0.4, 0.5) is 18.9 Å². The van der Waals surface area contributed by atoms with Gasteiger partial charge in [-0.2, -0.15) is 13.2 Å². The van der Waals surface area contributed by atoms with E-state index >= 15 is 0 Å². The van der Waals surface area contributed by atoms with E-state index in [1.165, 1.54) is 0 Å². The summed E-state index contributed by atoms with van der Waals surface area (Å²) in [5, 5.41) is 2.26. The highest BCUT2D eigenvalue weighted by Crippen LogP contribution is 2.29. The number of carbonyl (C=O) groups excluding carboxylic acids is 1. The van der Waals surface area contributed by atoms with Crippen molar-refractivity contribution >= 4 is 11.6 Å². The molecule has 0 saturated carbocycles. The fourth-order valence-corrected chi connectivity index (χ4v) is 1.53. The summed E-state index contributed by atoms with van der Waals surface area (Å²) in [5.74, 6) is -0.821. The van der Waals surface area contributed by atoms with Gasteiger partial charge in [-0.25, -0.2) is 4.79 Å². The summed E-state index contributed by atoms with van der Waals surface area (Å²) in [6.45, 7) is 0. The van der Waals surface area contributed by atoms with Crippen molar-refractivity contribution in [2.75, 3.05) is 5.32 Å². The fourth-order valence-electron chi connectivity index (χ4n) is 1.53. The van der Waals surface area contributed by atoms with Crippen molar-refractivity contribution in [3.63, 3.8) is 0 Å². The first-order chi connectivity index (χ1) is 9.75. The number of aromatic amines is 2. The van der Waals surface area contributed by atoms with E-state index in [0.29, 0.717) is 0 Å². The Balaban J connectivity index is 2.20. The molecule has 0 saturated heterocycles. The van der Waals surface area contributed by atoms with E-state index < -0.39 is 28.9 Å². The van der Waals surface area contributed by atoms with Gasteiger partial charge in [0.1, 0.15) is 5.69 Å². The van der Waals surface area contributed by atoms with Crippen LogP contribution < -0.4 is 16.6 Å². The molecule has 0 spiro atoms. The largest absolute Gasteiger partial charge is 0.416 e. The van der Waals surface area contributed by atoms with Gasteiger partial charge >= 0.3 is 11.9 Å². The molecule has 0 aliphatic rings. The van der Waals surface area contributed by atoms with Gasteiger partial charge in [-0.05, 0) is 24.3 Å². The van der Waals surface area contributed by atoms with Crippen LogP contribution >= 0.6 is 0 Å². The first-order valence-electron chi connectivity index (χ1n) is 5.58. The first kappa shape index (κ1) is 14.6. The van der Waals surface area contributed by atoms with Gasteiger partial charge in [0, 0.05) is 11.8 Å². The predicted octanol–water partition coefficient (Wildman–Crippen LogP) is 1.33. The summed E-state index contributed by atoms with van der Waals surface area (Å²) in [6.07, 6.45) is -4.47. The molecule has 110 valence electrons. The van der Waals surface area contributed by atoms with E-state index in [2.05, 4.69) is 10.3 Å². The van der Waals surface area contributed by atoms with Crippen LogP contribution in [0.1, 0.15) is 16.1 Å². The highest BCUT2D eigenvalue weighted by atomic mass is 19.4. The Bertz CT molecular complexity index is 747. The smallest absolute Gasteiger partial charge is 0.321 e. The molecule has 0 fully saturated rings. The minimum absolute atomic E-state index is 0.0918. The van der Waals surface area contributed by atoms with E-state index in [1.807, 2.05) is 4.98 Å². The Morgan fingerprint density at radius 3 is 2.19 bits per heavy atom. The second kappa shape index (κ2) is 5.27. The molecule has 1 amide bonds. The normalized spacial score (nSPS) is 11.2. The summed E-state index contributed by atoms with van der Waals surface area (Å²) in [4.78, 5) is 37.8. The van der Waals surface area contributed by atoms with Gasteiger partial charge in [0.05, 0.1) is 5.56 Å². The molecular formula is C12H8F3N3O3. The molecule has 1 aromatic carbocycles. The van der Waals surface area contributed by atoms with Gasteiger partial charge < -0.3 is 10.3 Å². The second-order valence-electron chi connectivity index (χ2n) is 4.03. The van der Waals surface area contributed by atoms with E-state index in [4.69, 9.17) is 0 Å². The van der Waals surface area contributed by atoms with Gasteiger partial charge in [-0.15, -0.1) is 0 Å². The molecular weight excluding hydrogens is 291 g/mol. The maximum atomic E-state index is 12.4. The first-order valence-corrected chi connectivity index (χ1v) is 5.58. The number of aromatic nitrogens is 2. The number of carbonyl (C=O) groups is 1. The Kier molecular flexibility index (Phi) is 3.66. The molecule has 0 radical (unpaired) electrons. The molecule has 21 heavy (non-hydrogen) atoms. The van der Waals surface area contributed by atoms with E-state index in [-0.39, 0.29) is 11.4 Å². The third kappa shape index (κ3) is 3.59. The zero-order valence-corrected chi connectivity index (χ0v) is 10.2. The van der Waals surface area contributed by atoms with Crippen LogP contribution in [0.3, 0.4) is 0 Å². The predicted molar refractivity (Wildman–Crippen MR) is 67.1 cm³/mol. The number of hydrogen-bond donors (Lipinski definition) is 3. The lowest BCUT2D eigenvalue weighted by molar-refractivity contribution is -0.137. The summed E-state index contributed by atoms with van der Waals surface area (Å²) < 4.78 is 37.1. The number of alkyl halides is 3.